The second-order valence-electron chi connectivity index (χ2n) is 0.799. The van der Waals surface area contributed by atoms with Gasteiger partial charge in [0.05, 0.1) is 5.03 Å². The molecule has 0 aliphatic rings. The first-order valence-corrected chi connectivity index (χ1v) is 4.10. The molecule has 0 atom stereocenters. The molecule has 0 heterocycles. The lowest BCUT2D eigenvalue weighted by atomic mass is 10.7. The molecule has 0 fully saturated rings. The number of halogens is 4. The second-order valence-corrected chi connectivity index (χ2v) is 2.97. The highest BCUT2D eigenvalue weighted by Gasteiger charge is 1.92. The fourth-order valence-electron chi connectivity index (χ4n) is 0.0505. The summed E-state index contributed by atoms with van der Waals surface area (Å²) >= 11 is 18.0. The molecule has 0 amide bonds. The monoisotopic (exact) mass is 270 g/mol. The Morgan fingerprint density at radius 3 is 1.71 bits per heavy atom. The summed E-state index contributed by atoms with van der Waals surface area (Å²) in [5.74, 6) is 0. The van der Waals surface area contributed by atoms with Crippen molar-refractivity contribution in [2.45, 2.75) is 0 Å². The summed E-state index contributed by atoms with van der Waals surface area (Å²) < 4.78 is 0.831. The minimum absolute atomic E-state index is 0.163. The molecule has 42 valence electrons. The Morgan fingerprint density at radius 1 is 1.29 bits per heavy atom. The van der Waals surface area contributed by atoms with E-state index in [-0.39, 0.29) is 4.49 Å². The summed E-state index contributed by atoms with van der Waals surface area (Å²) in [5, 5.41) is 0.504. The topological polar surface area (TPSA) is 0 Å². The highest BCUT2D eigenvalue weighted by atomic mass is 127. The van der Waals surface area contributed by atoms with Gasteiger partial charge in [-0.05, 0) is 0 Å². The Kier molecular flexibility index (Phi) is 5.05. The van der Waals surface area contributed by atoms with Gasteiger partial charge in [-0.25, -0.2) is 0 Å². The van der Waals surface area contributed by atoms with E-state index in [9.17, 15) is 0 Å². The predicted octanol–water partition coefficient (Wildman–Crippen LogP) is 3.31. The van der Waals surface area contributed by atoms with E-state index in [0.717, 1.165) is 0 Å². The van der Waals surface area contributed by atoms with Gasteiger partial charge in [-0.3, -0.25) is 0 Å². The fourth-order valence-corrected chi connectivity index (χ4v) is 1.02. The lowest BCUT2D eigenvalue weighted by Gasteiger charge is -1.85. The van der Waals surface area contributed by atoms with E-state index in [1.165, 1.54) is 0 Å². The molecule has 0 rings (SSSR count). The first kappa shape index (κ1) is 8.34. The highest BCUT2D eigenvalue weighted by Crippen LogP contribution is 2.18. The Morgan fingerprint density at radius 2 is 1.71 bits per heavy atom. The largest absolute Gasteiger partial charge is 0.122 e. The zero-order chi connectivity index (χ0) is 5.86. The molecule has 7 heavy (non-hydrogen) atoms. The average Bonchev–Trinajstić information content (AvgIpc) is 1.65. The van der Waals surface area contributed by atoms with Crippen molar-refractivity contribution >= 4 is 57.4 Å². The molecule has 0 unspecified atom stereocenters. The van der Waals surface area contributed by atoms with Crippen LogP contribution < -0.4 is 0 Å². The van der Waals surface area contributed by atoms with Crippen LogP contribution in [0.25, 0.3) is 0 Å². The van der Waals surface area contributed by atoms with Crippen LogP contribution in [0.4, 0.5) is 0 Å². The van der Waals surface area contributed by atoms with E-state index >= 15 is 0 Å². The molecule has 0 saturated carbocycles. The Bertz CT molecular complexity index is 84.2. The van der Waals surface area contributed by atoms with Gasteiger partial charge < -0.3 is 0 Å². The maximum absolute atomic E-state index is 5.41. The van der Waals surface area contributed by atoms with Gasteiger partial charge in [0.1, 0.15) is 4.49 Å². The van der Waals surface area contributed by atoms with Crippen LogP contribution in [-0.4, -0.2) is 4.43 Å². The molecule has 0 aromatic rings. The zero-order valence-electron chi connectivity index (χ0n) is 3.22. The number of rotatable bonds is 1. The lowest BCUT2D eigenvalue weighted by Crippen LogP contribution is -1.68. The molecule has 0 N–H and O–H groups in total. The van der Waals surface area contributed by atoms with Gasteiger partial charge in [0.25, 0.3) is 0 Å². The smallest absolute Gasteiger partial charge is 0.0857 e. The van der Waals surface area contributed by atoms with Crippen LogP contribution in [0.3, 0.4) is 0 Å². The SMILES string of the molecule is ClC(Cl)=C(Cl)CI. The Hall–Kier alpha value is 1.34. The molecule has 0 saturated heterocycles. The summed E-state index contributed by atoms with van der Waals surface area (Å²) in [4.78, 5) is 0. The number of hydrogen-bond donors (Lipinski definition) is 0. The van der Waals surface area contributed by atoms with Crippen molar-refractivity contribution < 1.29 is 0 Å². The molecule has 0 aliphatic heterocycles. The fraction of sp³-hybridized carbons (Fsp3) is 0.333. The third-order valence-corrected chi connectivity index (χ3v) is 2.51. The normalized spacial score (nSPS) is 8.57. The van der Waals surface area contributed by atoms with Crippen LogP contribution in [0.5, 0.6) is 0 Å². The maximum atomic E-state index is 5.41. The molecule has 0 radical (unpaired) electrons. The lowest BCUT2D eigenvalue weighted by molar-refractivity contribution is 1.77. The summed E-state index contributed by atoms with van der Waals surface area (Å²) in [5.41, 5.74) is 0. The molecule has 4 heteroatoms. The van der Waals surface area contributed by atoms with Gasteiger partial charge >= 0.3 is 0 Å². The van der Waals surface area contributed by atoms with Gasteiger partial charge in [0.15, 0.2) is 0 Å². The molecular formula is C3H2Cl3I. The second kappa shape index (κ2) is 4.24. The van der Waals surface area contributed by atoms with Crippen LogP contribution in [0.2, 0.25) is 0 Å². The van der Waals surface area contributed by atoms with E-state index in [1.807, 2.05) is 0 Å². The maximum Gasteiger partial charge on any atom is 0.122 e. The number of hydrogen-bond acceptors (Lipinski definition) is 0. The van der Waals surface area contributed by atoms with Crippen molar-refractivity contribution in [1.29, 1.82) is 0 Å². The van der Waals surface area contributed by atoms with Crippen molar-refractivity contribution in [3.05, 3.63) is 9.52 Å². The molecular weight excluding hydrogens is 269 g/mol. The third kappa shape index (κ3) is 3.88. The first-order chi connectivity index (χ1) is 3.18. The molecule has 0 aromatic carbocycles. The summed E-state index contributed by atoms with van der Waals surface area (Å²) in [7, 11) is 0. The number of allylic oxidation sites excluding steroid dienone is 1. The molecule has 0 spiro atoms. The van der Waals surface area contributed by atoms with Crippen LogP contribution in [0.1, 0.15) is 0 Å². The third-order valence-electron chi connectivity index (χ3n) is 0.322. The van der Waals surface area contributed by atoms with Crippen molar-refractivity contribution in [1.82, 2.24) is 0 Å². The van der Waals surface area contributed by atoms with Crippen LogP contribution in [0, 0.1) is 0 Å². The van der Waals surface area contributed by atoms with E-state index in [1.54, 1.807) is 0 Å². The molecule has 0 aliphatic carbocycles. The van der Waals surface area contributed by atoms with Gasteiger partial charge in [0, 0.05) is 4.43 Å². The average molecular weight is 271 g/mol. The molecule has 0 bridgehead atoms. The van der Waals surface area contributed by atoms with Crippen molar-refractivity contribution in [2.75, 3.05) is 4.43 Å². The van der Waals surface area contributed by atoms with E-state index < -0.39 is 0 Å². The quantitative estimate of drug-likeness (QED) is 0.507. The summed E-state index contributed by atoms with van der Waals surface area (Å²) in [6.45, 7) is 0. The van der Waals surface area contributed by atoms with Crippen molar-refractivity contribution in [3.8, 4) is 0 Å². The summed E-state index contributed by atoms with van der Waals surface area (Å²) in [6.07, 6.45) is 0. The van der Waals surface area contributed by atoms with Crippen LogP contribution >= 0.6 is 57.4 Å². The Labute approximate surface area is 71.0 Å². The minimum atomic E-state index is 0.163. The van der Waals surface area contributed by atoms with Gasteiger partial charge in [-0.2, -0.15) is 0 Å². The van der Waals surface area contributed by atoms with Gasteiger partial charge in [0.2, 0.25) is 0 Å². The van der Waals surface area contributed by atoms with E-state index in [2.05, 4.69) is 22.6 Å². The highest BCUT2D eigenvalue weighted by molar-refractivity contribution is 14.1. The van der Waals surface area contributed by atoms with Crippen molar-refractivity contribution in [2.24, 2.45) is 0 Å². The summed E-state index contributed by atoms with van der Waals surface area (Å²) in [6, 6.07) is 0. The minimum Gasteiger partial charge on any atom is -0.0857 e. The van der Waals surface area contributed by atoms with Crippen molar-refractivity contribution in [3.63, 3.8) is 0 Å². The van der Waals surface area contributed by atoms with Gasteiger partial charge in [-0.15, -0.1) is 0 Å². The van der Waals surface area contributed by atoms with Crippen LogP contribution in [-0.2, 0) is 0 Å². The van der Waals surface area contributed by atoms with Crippen LogP contribution in [0.15, 0.2) is 9.52 Å². The molecule has 0 nitrogen and oxygen atoms in total. The standard InChI is InChI=1S/C3H2Cl3I/c4-2(1-7)3(5)6/h1H2. The van der Waals surface area contributed by atoms with E-state index in [4.69, 9.17) is 34.8 Å². The predicted molar refractivity (Wildman–Crippen MR) is 43.5 cm³/mol. The Balaban J connectivity index is 3.72. The number of alkyl halides is 1. The first-order valence-electron chi connectivity index (χ1n) is 1.44. The zero-order valence-corrected chi connectivity index (χ0v) is 7.64. The van der Waals surface area contributed by atoms with E-state index in [0.29, 0.717) is 9.46 Å². The van der Waals surface area contributed by atoms with Gasteiger partial charge in [-0.1, -0.05) is 57.4 Å². The molecule has 0 aromatic heterocycles.